The average Bonchev–Trinajstić information content (AvgIpc) is 3.22. The van der Waals surface area contributed by atoms with E-state index < -0.39 is 11.7 Å². The van der Waals surface area contributed by atoms with Crippen LogP contribution in [-0.2, 0) is 17.5 Å². The van der Waals surface area contributed by atoms with Crippen molar-refractivity contribution >= 4 is 11.8 Å². The van der Waals surface area contributed by atoms with Crippen molar-refractivity contribution in [3.63, 3.8) is 0 Å². The van der Waals surface area contributed by atoms with Gasteiger partial charge >= 0.3 is 12.3 Å². The molecule has 8 heteroatoms. The van der Waals surface area contributed by atoms with Crippen molar-refractivity contribution in [2.24, 2.45) is 0 Å². The first kappa shape index (κ1) is 23.7. The zero-order valence-electron chi connectivity index (χ0n) is 19.0. The number of rotatable bonds is 5. The number of carbonyl (C=O) groups is 1. The first-order valence-electron chi connectivity index (χ1n) is 11.1. The Labute approximate surface area is 183 Å². The van der Waals surface area contributed by atoms with E-state index in [2.05, 4.69) is 11.8 Å². The lowest BCUT2D eigenvalue weighted by Crippen LogP contribution is -2.53. The molecule has 0 aliphatic carbocycles. The number of likely N-dealkylation sites (tertiary alicyclic amines) is 1. The molecule has 2 heterocycles. The molecule has 1 amide bonds. The van der Waals surface area contributed by atoms with Gasteiger partial charge in [-0.25, -0.2) is 4.79 Å². The standard InChI is InChI=1S/C23H34F3N3O2/c1-17(2)31-21(30)29-11-7-22(3,8-12-29)27(4)16-18-13-19(23(24,25)26)15-20(14-18)28-9-5-6-10-28/h13-15,17H,5-12,16H2,1-4H3. The number of nitrogens with zero attached hydrogens (tertiary/aromatic N) is 3. The molecule has 31 heavy (non-hydrogen) atoms. The quantitative estimate of drug-likeness (QED) is 0.634. The lowest BCUT2D eigenvalue weighted by atomic mass is 9.87. The fourth-order valence-electron chi connectivity index (χ4n) is 4.38. The second-order valence-electron chi connectivity index (χ2n) is 9.35. The third-order valence-electron chi connectivity index (χ3n) is 6.55. The average molecular weight is 442 g/mol. The van der Waals surface area contributed by atoms with Gasteiger partial charge in [-0.05, 0) is 77.3 Å². The molecule has 174 valence electrons. The molecule has 0 bridgehead atoms. The molecule has 2 aliphatic rings. The van der Waals surface area contributed by atoms with Gasteiger partial charge in [0.05, 0.1) is 11.7 Å². The van der Waals surface area contributed by atoms with E-state index in [1.807, 2.05) is 31.9 Å². The summed E-state index contributed by atoms with van der Waals surface area (Å²) in [5.74, 6) is 0. The van der Waals surface area contributed by atoms with E-state index in [1.54, 1.807) is 4.90 Å². The van der Waals surface area contributed by atoms with Crippen molar-refractivity contribution < 1.29 is 22.7 Å². The zero-order valence-corrected chi connectivity index (χ0v) is 19.0. The molecule has 1 aromatic carbocycles. The molecule has 0 saturated carbocycles. The number of carbonyl (C=O) groups excluding carboxylic acids is 1. The van der Waals surface area contributed by atoms with Gasteiger partial charge in [0.25, 0.3) is 0 Å². The first-order chi connectivity index (χ1) is 14.5. The molecule has 0 spiro atoms. The van der Waals surface area contributed by atoms with E-state index >= 15 is 0 Å². The predicted octanol–water partition coefficient (Wildman–Crippen LogP) is 5.14. The Hall–Kier alpha value is -1.96. The van der Waals surface area contributed by atoms with Crippen LogP contribution in [0.2, 0.25) is 0 Å². The monoisotopic (exact) mass is 441 g/mol. The molecule has 0 unspecified atom stereocenters. The minimum atomic E-state index is -4.37. The van der Waals surface area contributed by atoms with E-state index in [0.29, 0.717) is 30.9 Å². The summed E-state index contributed by atoms with van der Waals surface area (Å²) in [6.45, 7) is 8.95. The fraction of sp³-hybridized carbons (Fsp3) is 0.696. The summed E-state index contributed by atoms with van der Waals surface area (Å²) >= 11 is 0. The van der Waals surface area contributed by atoms with Gasteiger partial charge < -0.3 is 14.5 Å². The number of hydrogen-bond acceptors (Lipinski definition) is 4. The smallest absolute Gasteiger partial charge is 0.416 e. The van der Waals surface area contributed by atoms with Gasteiger partial charge in [0, 0.05) is 44.0 Å². The SMILES string of the molecule is CC(C)OC(=O)N1CCC(C)(N(C)Cc2cc(N3CCCC3)cc(C(F)(F)F)c2)CC1. The number of ether oxygens (including phenoxy) is 1. The Bertz CT molecular complexity index is 768. The van der Waals surface area contributed by atoms with Crippen LogP contribution in [0.4, 0.5) is 23.7 Å². The van der Waals surface area contributed by atoms with Crippen LogP contribution in [-0.4, -0.2) is 60.8 Å². The highest BCUT2D eigenvalue weighted by Crippen LogP contribution is 2.35. The topological polar surface area (TPSA) is 36.0 Å². The summed E-state index contributed by atoms with van der Waals surface area (Å²) in [7, 11) is 1.96. The number of anilines is 1. The van der Waals surface area contributed by atoms with Crippen LogP contribution in [0.25, 0.3) is 0 Å². The van der Waals surface area contributed by atoms with Crippen molar-refractivity contribution in [2.45, 2.75) is 70.8 Å². The minimum absolute atomic E-state index is 0.158. The van der Waals surface area contributed by atoms with Crippen molar-refractivity contribution in [1.82, 2.24) is 9.80 Å². The second-order valence-corrected chi connectivity index (χ2v) is 9.35. The Balaban J connectivity index is 1.71. The number of hydrogen-bond donors (Lipinski definition) is 0. The van der Waals surface area contributed by atoms with Crippen LogP contribution in [0, 0.1) is 0 Å². The van der Waals surface area contributed by atoms with Gasteiger partial charge in [-0.2, -0.15) is 13.2 Å². The maximum atomic E-state index is 13.5. The lowest BCUT2D eigenvalue weighted by molar-refractivity contribution is -0.137. The molecule has 2 saturated heterocycles. The number of benzene rings is 1. The molecule has 0 N–H and O–H groups in total. The Kier molecular flexibility index (Phi) is 7.08. The third-order valence-corrected chi connectivity index (χ3v) is 6.55. The number of amides is 1. The Morgan fingerprint density at radius 2 is 1.74 bits per heavy atom. The summed E-state index contributed by atoms with van der Waals surface area (Å²) in [6, 6.07) is 4.44. The summed E-state index contributed by atoms with van der Waals surface area (Å²) < 4.78 is 45.9. The van der Waals surface area contributed by atoms with Crippen LogP contribution in [0.15, 0.2) is 18.2 Å². The molecule has 5 nitrogen and oxygen atoms in total. The maximum absolute atomic E-state index is 13.5. The zero-order chi connectivity index (χ0) is 22.8. The minimum Gasteiger partial charge on any atom is -0.447 e. The van der Waals surface area contributed by atoms with E-state index in [-0.39, 0.29) is 17.7 Å². The first-order valence-corrected chi connectivity index (χ1v) is 11.1. The highest BCUT2D eigenvalue weighted by molar-refractivity contribution is 5.68. The van der Waals surface area contributed by atoms with Gasteiger partial charge in [0.1, 0.15) is 0 Å². The lowest BCUT2D eigenvalue weighted by Gasteiger charge is -2.45. The normalized spacial score (nSPS) is 19.4. The van der Waals surface area contributed by atoms with Crippen molar-refractivity contribution in [3.8, 4) is 0 Å². The molecule has 2 fully saturated rings. The highest BCUT2D eigenvalue weighted by Gasteiger charge is 2.37. The van der Waals surface area contributed by atoms with E-state index in [1.165, 1.54) is 12.1 Å². The Morgan fingerprint density at radius 3 is 2.29 bits per heavy atom. The van der Waals surface area contributed by atoms with E-state index in [0.717, 1.165) is 38.8 Å². The van der Waals surface area contributed by atoms with Gasteiger partial charge in [-0.15, -0.1) is 0 Å². The van der Waals surface area contributed by atoms with Crippen molar-refractivity contribution in [2.75, 3.05) is 38.1 Å². The van der Waals surface area contributed by atoms with E-state index in [9.17, 15) is 18.0 Å². The molecule has 0 atom stereocenters. The van der Waals surface area contributed by atoms with Crippen LogP contribution >= 0.6 is 0 Å². The molecular weight excluding hydrogens is 407 g/mol. The molecule has 3 rings (SSSR count). The van der Waals surface area contributed by atoms with Gasteiger partial charge in [-0.3, -0.25) is 4.90 Å². The highest BCUT2D eigenvalue weighted by atomic mass is 19.4. The Morgan fingerprint density at radius 1 is 1.13 bits per heavy atom. The van der Waals surface area contributed by atoms with E-state index in [4.69, 9.17) is 4.74 Å². The molecular formula is C23H34F3N3O2. The van der Waals surface area contributed by atoms with Gasteiger partial charge in [-0.1, -0.05) is 0 Å². The van der Waals surface area contributed by atoms with Crippen LogP contribution < -0.4 is 4.90 Å². The predicted molar refractivity (Wildman–Crippen MR) is 115 cm³/mol. The van der Waals surface area contributed by atoms with Gasteiger partial charge in [0.2, 0.25) is 0 Å². The molecule has 1 aromatic rings. The number of piperidine rings is 1. The number of halogens is 3. The van der Waals surface area contributed by atoms with Crippen molar-refractivity contribution in [3.05, 3.63) is 29.3 Å². The molecule has 0 aromatic heterocycles. The van der Waals surface area contributed by atoms with Crippen molar-refractivity contribution in [1.29, 1.82) is 0 Å². The largest absolute Gasteiger partial charge is 0.447 e. The fourth-order valence-corrected chi connectivity index (χ4v) is 4.38. The summed E-state index contributed by atoms with van der Waals surface area (Å²) in [5, 5.41) is 0. The molecule has 0 radical (unpaired) electrons. The van der Waals surface area contributed by atoms with Crippen LogP contribution in [0.1, 0.15) is 57.6 Å². The van der Waals surface area contributed by atoms with Crippen LogP contribution in [0.5, 0.6) is 0 Å². The summed E-state index contributed by atoms with van der Waals surface area (Å²) in [5.41, 5.74) is 0.544. The summed E-state index contributed by atoms with van der Waals surface area (Å²) in [4.78, 5) is 18.0. The summed E-state index contributed by atoms with van der Waals surface area (Å²) in [6.07, 6.45) is -1.31. The van der Waals surface area contributed by atoms with Gasteiger partial charge in [0.15, 0.2) is 0 Å². The third kappa shape index (κ3) is 5.84. The maximum Gasteiger partial charge on any atom is 0.416 e. The van der Waals surface area contributed by atoms with Crippen LogP contribution in [0.3, 0.4) is 0 Å². The molecule has 2 aliphatic heterocycles. The second kappa shape index (κ2) is 9.27. The number of alkyl halides is 3.